The molecule has 3 nitrogen and oxygen atoms in total. The number of anilines is 1. The van der Waals surface area contributed by atoms with Crippen molar-refractivity contribution in [1.82, 2.24) is 5.32 Å². The molecule has 0 radical (unpaired) electrons. The Morgan fingerprint density at radius 2 is 2.20 bits per heavy atom. The van der Waals surface area contributed by atoms with Gasteiger partial charge >= 0.3 is 0 Å². The van der Waals surface area contributed by atoms with Crippen LogP contribution >= 0.6 is 0 Å². The molecule has 0 amide bonds. The van der Waals surface area contributed by atoms with E-state index in [4.69, 9.17) is 4.74 Å². The average molecular weight is 276 g/mol. The second kappa shape index (κ2) is 6.98. The van der Waals surface area contributed by atoms with Gasteiger partial charge in [0, 0.05) is 24.3 Å². The molecule has 1 saturated heterocycles. The Hall–Kier alpha value is -1.22. The molecule has 2 unspecified atom stereocenters. The second-order valence-electron chi connectivity index (χ2n) is 5.87. The third kappa shape index (κ3) is 3.45. The van der Waals surface area contributed by atoms with Crippen molar-refractivity contribution < 1.29 is 4.74 Å². The van der Waals surface area contributed by atoms with Gasteiger partial charge in [-0.2, -0.15) is 0 Å². The van der Waals surface area contributed by atoms with Crippen LogP contribution in [0.4, 0.5) is 5.69 Å². The Bertz CT molecular complexity index is 433. The summed E-state index contributed by atoms with van der Waals surface area (Å²) in [6, 6.07) is 7.78. The van der Waals surface area contributed by atoms with Crippen molar-refractivity contribution in [2.24, 2.45) is 0 Å². The van der Waals surface area contributed by atoms with Gasteiger partial charge in [-0.05, 0) is 63.4 Å². The SMILES string of the molecule is CCCNC1CCN(c2ccc(OC)c(C)c2)C(C)C1. The van der Waals surface area contributed by atoms with E-state index < -0.39 is 0 Å². The van der Waals surface area contributed by atoms with Crippen LogP contribution in [0.2, 0.25) is 0 Å². The largest absolute Gasteiger partial charge is 0.496 e. The first-order valence-electron chi connectivity index (χ1n) is 7.80. The van der Waals surface area contributed by atoms with Gasteiger partial charge in [0.25, 0.3) is 0 Å². The fraction of sp³-hybridized carbons (Fsp3) is 0.647. The molecule has 0 saturated carbocycles. The van der Waals surface area contributed by atoms with E-state index in [2.05, 4.69) is 49.2 Å². The monoisotopic (exact) mass is 276 g/mol. The van der Waals surface area contributed by atoms with Gasteiger partial charge in [0.15, 0.2) is 0 Å². The number of nitrogens with zero attached hydrogens (tertiary/aromatic N) is 1. The summed E-state index contributed by atoms with van der Waals surface area (Å²) in [6.07, 6.45) is 3.67. The lowest BCUT2D eigenvalue weighted by Gasteiger charge is -2.40. The minimum absolute atomic E-state index is 0.589. The first kappa shape index (κ1) is 15.2. The normalized spacial score (nSPS) is 22.9. The van der Waals surface area contributed by atoms with Crippen LogP contribution in [0.1, 0.15) is 38.7 Å². The predicted molar refractivity (Wildman–Crippen MR) is 85.9 cm³/mol. The van der Waals surface area contributed by atoms with Crippen molar-refractivity contribution in [2.45, 2.75) is 52.1 Å². The summed E-state index contributed by atoms with van der Waals surface area (Å²) >= 11 is 0. The molecule has 0 spiro atoms. The minimum atomic E-state index is 0.589. The van der Waals surface area contributed by atoms with Crippen molar-refractivity contribution in [3.8, 4) is 5.75 Å². The van der Waals surface area contributed by atoms with Crippen LogP contribution in [0.25, 0.3) is 0 Å². The Labute approximate surface area is 123 Å². The zero-order chi connectivity index (χ0) is 14.5. The van der Waals surface area contributed by atoms with Crippen molar-refractivity contribution in [2.75, 3.05) is 25.1 Å². The molecular formula is C17H28N2O. The predicted octanol–water partition coefficient (Wildman–Crippen LogP) is 3.36. The van der Waals surface area contributed by atoms with Crippen LogP contribution in [-0.4, -0.2) is 32.3 Å². The summed E-state index contributed by atoms with van der Waals surface area (Å²) in [5.41, 5.74) is 2.54. The second-order valence-corrected chi connectivity index (χ2v) is 5.87. The highest BCUT2D eigenvalue weighted by molar-refractivity contribution is 5.53. The molecular weight excluding hydrogens is 248 g/mol. The number of hydrogen-bond donors (Lipinski definition) is 1. The van der Waals surface area contributed by atoms with Crippen LogP contribution in [0.3, 0.4) is 0 Å². The number of ether oxygens (including phenoxy) is 1. The van der Waals surface area contributed by atoms with E-state index in [1.165, 1.54) is 30.5 Å². The van der Waals surface area contributed by atoms with Gasteiger partial charge in [0.2, 0.25) is 0 Å². The smallest absolute Gasteiger partial charge is 0.121 e. The maximum atomic E-state index is 5.35. The zero-order valence-electron chi connectivity index (χ0n) is 13.3. The number of aryl methyl sites for hydroxylation is 1. The molecule has 112 valence electrons. The maximum Gasteiger partial charge on any atom is 0.121 e. The van der Waals surface area contributed by atoms with Gasteiger partial charge in [-0.1, -0.05) is 6.92 Å². The molecule has 1 aliphatic heterocycles. The number of benzene rings is 1. The molecule has 0 bridgehead atoms. The van der Waals surface area contributed by atoms with Crippen LogP contribution < -0.4 is 15.0 Å². The number of methoxy groups -OCH3 is 1. The molecule has 1 aromatic carbocycles. The summed E-state index contributed by atoms with van der Waals surface area (Å²) in [6.45, 7) is 8.95. The third-order valence-corrected chi connectivity index (χ3v) is 4.27. The van der Waals surface area contributed by atoms with Crippen molar-refractivity contribution in [1.29, 1.82) is 0 Å². The van der Waals surface area contributed by atoms with E-state index in [1.807, 2.05) is 0 Å². The highest BCUT2D eigenvalue weighted by Crippen LogP contribution is 2.29. The van der Waals surface area contributed by atoms with Gasteiger partial charge in [-0.3, -0.25) is 0 Å². The molecule has 0 aromatic heterocycles. The first-order chi connectivity index (χ1) is 9.65. The quantitative estimate of drug-likeness (QED) is 0.892. The molecule has 1 fully saturated rings. The topological polar surface area (TPSA) is 24.5 Å². The molecule has 1 heterocycles. The van der Waals surface area contributed by atoms with Crippen molar-refractivity contribution in [3.05, 3.63) is 23.8 Å². The van der Waals surface area contributed by atoms with Gasteiger partial charge in [0.05, 0.1) is 7.11 Å². The molecule has 1 N–H and O–H groups in total. The molecule has 20 heavy (non-hydrogen) atoms. The van der Waals surface area contributed by atoms with Crippen LogP contribution in [0.15, 0.2) is 18.2 Å². The highest BCUT2D eigenvalue weighted by Gasteiger charge is 2.25. The number of hydrogen-bond acceptors (Lipinski definition) is 3. The lowest BCUT2D eigenvalue weighted by molar-refractivity contribution is 0.368. The number of piperidine rings is 1. The van der Waals surface area contributed by atoms with E-state index in [-0.39, 0.29) is 0 Å². The standard InChI is InChI=1S/C17H28N2O/c1-5-9-18-15-8-10-19(14(3)12-15)16-6-7-17(20-4)13(2)11-16/h6-7,11,14-15,18H,5,8-10,12H2,1-4H3. The maximum absolute atomic E-state index is 5.35. The summed E-state index contributed by atoms with van der Waals surface area (Å²) < 4.78 is 5.35. The van der Waals surface area contributed by atoms with Crippen molar-refractivity contribution >= 4 is 5.69 Å². The molecule has 3 heteroatoms. The van der Waals surface area contributed by atoms with Crippen molar-refractivity contribution in [3.63, 3.8) is 0 Å². The molecule has 2 atom stereocenters. The summed E-state index contributed by atoms with van der Waals surface area (Å²) in [5.74, 6) is 0.973. The van der Waals surface area contributed by atoms with Gasteiger partial charge in [-0.25, -0.2) is 0 Å². The first-order valence-corrected chi connectivity index (χ1v) is 7.80. The van der Waals surface area contributed by atoms with E-state index >= 15 is 0 Å². The molecule has 1 aromatic rings. The van der Waals surface area contributed by atoms with E-state index in [0.717, 1.165) is 18.8 Å². The summed E-state index contributed by atoms with van der Waals surface area (Å²) in [5, 5.41) is 3.66. The van der Waals surface area contributed by atoms with E-state index in [0.29, 0.717) is 12.1 Å². The van der Waals surface area contributed by atoms with Gasteiger partial charge < -0.3 is 15.0 Å². The van der Waals surface area contributed by atoms with Crippen LogP contribution in [-0.2, 0) is 0 Å². The molecule has 1 aliphatic rings. The Morgan fingerprint density at radius 3 is 2.80 bits per heavy atom. The highest BCUT2D eigenvalue weighted by atomic mass is 16.5. The Balaban J connectivity index is 2.02. The number of rotatable bonds is 5. The fourth-order valence-corrected chi connectivity index (χ4v) is 3.13. The summed E-state index contributed by atoms with van der Waals surface area (Å²) in [7, 11) is 1.73. The summed E-state index contributed by atoms with van der Waals surface area (Å²) in [4.78, 5) is 2.52. The Morgan fingerprint density at radius 1 is 1.40 bits per heavy atom. The van der Waals surface area contributed by atoms with E-state index in [1.54, 1.807) is 7.11 Å². The lowest BCUT2D eigenvalue weighted by atomic mass is 9.97. The van der Waals surface area contributed by atoms with Crippen LogP contribution in [0, 0.1) is 6.92 Å². The van der Waals surface area contributed by atoms with Gasteiger partial charge in [0.1, 0.15) is 5.75 Å². The Kier molecular flexibility index (Phi) is 5.30. The third-order valence-electron chi connectivity index (χ3n) is 4.27. The molecule has 2 rings (SSSR count). The van der Waals surface area contributed by atoms with E-state index in [9.17, 15) is 0 Å². The average Bonchev–Trinajstić information content (AvgIpc) is 2.45. The number of nitrogens with one attached hydrogen (secondary N) is 1. The lowest BCUT2D eigenvalue weighted by Crippen LogP contribution is -2.47. The zero-order valence-corrected chi connectivity index (χ0v) is 13.3. The van der Waals surface area contributed by atoms with Crippen LogP contribution in [0.5, 0.6) is 5.75 Å². The minimum Gasteiger partial charge on any atom is -0.496 e. The molecule has 0 aliphatic carbocycles. The fourth-order valence-electron chi connectivity index (χ4n) is 3.13. The van der Waals surface area contributed by atoms with Gasteiger partial charge in [-0.15, -0.1) is 0 Å².